The molecule has 1 aromatic carbocycles. The lowest BCUT2D eigenvalue weighted by molar-refractivity contribution is 0.0685. The van der Waals surface area contributed by atoms with Gasteiger partial charge in [0.15, 0.2) is 0 Å². The number of anilines is 1. The highest BCUT2D eigenvalue weighted by molar-refractivity contribution is 7.17. The number of thiophene rings is 1. The second-order valence-corrected chi connectivity index (χ2v) is 6.35. The minimum Gasteiger partial charge on any atom is -0.478 e. The molecule has 0 spiro atoms. The molecule has 1 aliphatic rings. The predicted molar refractivity (Wildman–Crippen MR) is 84.0 cm³/mol. The lowest BCUT2D eigenvalue weighted by Gasteiger charge is -2.12. The fourth-order valence-electron chi connectivity index (χ4n) is 2.37. The number of hydrogen-bond donors (Lipinski definition) is 2. The quantitative estimate of drug-likeness (QED) is 0.882. The highest BCUT2D eigenvalue weighted by Crippen LogP contribution is 2.37. The Labute approximate surface area is 139 Å². The molecule has 0 fully saturated rings. The van der Waals surface area contributed by atoms with Crippen molar-refractivity contribution in [1.82, 2.24) is 0 Å². The lowest BCUT2D eigenvalue weighted by atomic mass is 10.1. The van der Waals surface area contributed by atoms with Crippen LogP contribution in [0.25, 0.3) is 0 Å². The van der Waals surface area contributed by atoms with Gasteiger partial charge in [0.05, 0.1) is 29.4 Å². The topological polar surface area (TPSA) is 75.6 Å². The van der Waals surface area contributed by atoms with E-state index in [0.29, 0.717) is 18.6 Å². The Morgan fingerprint density at radius 2 is 2.17 bits per heavy atom. The smallest absolute Gasteiger partial charge is 0.339 e. The Morgan fingerprint density at radius 1 is 1.39 bits per heavy atom. The van der Waals surface area contributed by atoms with Crippen LogP contribution in [0.5, 0.6) is 0 Å². The fourth-order valence-corrected chi connectivity index (χ4v) is 3.75. The first kappa shape index (κ1) is 15.9. The van der Waals surface area contributed by atoms with Gasteiger partial charge in [0, 0.05) is 16.9 Å². The lowest BCUT2D eigenvalue weighted by Crippen LogP contribution is -2.15. The molecule has 2 heterocycles. The van der Waals surface area contributed by atoms with E-state index in [-0.39, 0.29) is 27.8 Å². The Bertz CT molecular complexity index is 805. The number of hydrogen-bond acceptors (Lipinski definition) is 4. The van der Waals surface area contributed by atoms with Gasteiger partial charge < -0.3 is 15.2 Å². The van der Waals surface area contributed by atoms with E-state index in [4.69, 9.17) is 16.3 Å². The van der Waals surface area contributed by atoms with E-state index < -0.39 is 17.7 Å². The predicted octanol–water partition coefficient (Wildman–Crippen LogP) is 3.56. The largest absolute Gasteiger partial charge is 0.478 e. The molecule has 0 aliphatic carbocycles. The number of carboxylic acid groups (broad SMARTS) is 1. The molecule has 0 saturated carbocycles. The molecule has 5 nitrogen and oxygen atoms in total. The van der Waals surface area contributed by atoms with Crippen LogP contribution in [0.4, 0.5) is 9.39 Å². The summed E-state index contributed by atoms with van der Waals surface area (Å²) in [4.78, 5) is 24.7. The summed E-state index contributed by atoms with van der Waals surface area (Å²) in [6, 6.07) is 3.88. The zero-order chi connectivity index (χ0) is 16.6. The van der Waals surface area contributed by atoms with E-state index in [1.54, 1.807) is 0 Å². The van der Waals surface area contributed by atoms with Gasteiger partial charge in [-0.15, -0.1) is 11.3 Å². The summed E-state index contributed by atoms with van der Waals surface area (Å²) in [5, 5.41) is 11.8. The number of halogens is 2. The number of benzene rings is 1. The zero-order valence-electron chi connectivity index (χ0n) is 11.7. The molecule has 0 atom stereocenters. The summed E-state index contributed by atoms with van der Waals surface area (Å²) in [6.45, 7) is 0.708. The van der Waals surface area contributed by atoms with E-state index in [1.165, 1.54) is 23.5 Å². The molecule has 8 heteroatoms. The molecule has 0 bridgehead atoms. The number of aromatic carboxylic acids is 1. The molecule has 0 unspecified atom stereocenters. The summed E-state index contributed by atoms with van der Waals surface area (Å²) in [5.41, 5.74) is 0.547. The maximum Gasteiger partial charge on any atom is 0.339 e. The third kappa shape index (κ3) is 2.95. The molecule has 1 aliphatic heterocycles. The van der Waals surface area contributed by atoms with Crippen LogP contribution in [-0.4, -0.2) is 23.6 Å². The number of rotatable bonds is 3. The van der Waals surface area contributed by atoms with Gasteiger partial charge in [-0.3, -0.25) is 4.79 Å². The average molecular weight is 356 g/mol. The van der Waals surface area contributed by atoms with Crippen LogP contribution >= 0.6 is 22.9 Å². The molecule has 2 aromatic rings. The standard InChI is InChI=1S/C15H11ClFNO4S/c16-12-7(2-1-3-9(12)17)13(19)18-14-11(15(20)21)8-6-22-5-4-10(8)23-14/h1-3H,4-6H2,(H,18,19)(H,20,21). The molecule has 120 valence electrons. The molecule has 23 heavy (non-hydrogen) atoms. The van der Waals surface area contributed by atoms with Gasteiger partial charge in [0.2, 0.25) is 0 Å². The Morgan fingerprint density at radius 3 is 2.91 bits per heavy atom. The second-order valence-electron chi connectivity index (χ2n) is 4.87. The monoisotopic (exact) mass is 355 g/mol. The molecular weight excluding hydrogens is 345 g/mol. The van der Waals surface area contributed by atoms with Gasteiger partial charge in [0.25, 0.3) is 5.91 Å². The number of carbonyl (C=O) groups is 2. The summed E-state index contributed by atoms with van der Waals surface area (Å²) >= 11 is 6.98. The molecule has 1 aromatic heterocycles. The van der Waals surface area contributed by atoms with Gasteiger partial charge in [0.1, 0.15) is 10.8 Å². The van der Waals surface area contributed by atoms with Gasteiger partial charge in [-0.05, 0) is 12.1 Å². The molecule has 0 radical (unpaired) electrons. The number of carbonyl (C=O) groups excluding carboxylic acids is 1. The Hall–Kier alpha value is -1.96. The van der Waals surface area contributed by atoms with Gasteiger partial charge >= 0.3 is 5.97 Å². The average Bonchev–Trinajstić information content (AvgIpc) is 2.87. The molecular formula is C15H11ClFNO4S. The highest BCUT2D eigenvalue weighted by Gasteiger charge is 2.27. The third-order valence-electron chi connectivity index (χ3n) is 3.45. The maximum atomic E-state index is 13.5. The first-order valence-electron chi connectivity index (χ1n) is 6.70. The van der Waals surface area contributed by atoms with Crippen LogP contribution in [0.2, 0.25) is 5.02 Å². The maximum absolute atomic E-state index is 13.5. The normalized spacial score (nSPS) is 13.5. The van der Waals surface area contributed by atoms with Crippen LogP contribution in [0, 0.1) is 5.82 Å². The van der Waals surface area contributed by atoms with E-state index in [0.717, 1.165) is 10.9 Å². The van der Waals surface area contributed by atoms with Crippen molar-refractivity contribution >= 4 is 39.8 Å². The number of nitrogens with one attached hydrogen (secondary N) is 1. The second kappa shape index (κ2) is 6.27. The van der Waals surface area contributed by atoms with Crippen molar-refractivity contribution in [1.29, 1.82) is 0 Å². The molecule has 1 amide bonds. The highest BCUT2D eigenvalue weighted by atomic mass is 35.5. The zero-order valence-corrected chi connectivity index (χ0v) is 13.3. The van der Waals surface area contributed by atoms with Gasteiger partial charge in [-0.1, -0.05) is 17.7 Å². The van der Waals surface area contributed by atoms with Crippen molar-refractivity contribution in [3.8, 4) is 0 Å². The van der Waals surface area contributed by atoms with E-state index >= 15 is 0 Å². The van der Waals surface area contributed by atoms with Crippen LogP contribution < -0.4 is 5.32 Å². The number of carboxylic acids is 1. The van der Waals surface area contributed by atoms with Crippen LogP contribution in [0.15, 0.2) is 18.2 Å². The summed E-state index contributed by atoms with van der Waals surface area (Å²) in [6.07, 6.45) is 0.594. The number of ether oxygens (including phenoxy) is 1. The number of fused-ring (bicyclic) bond motifs is 1. The van der Waals surface area contributed by atoms with Crippen LogP contribution in [0.1, 0.15) is 31.2 Å². The SMILES string of the molecule is O=C(Nc1sc2c(c1C(=O)O)COCC2)c1cccc(F)c1Cl. The minimum atomic E-state index is -1.14. The number of amides is 1. The molecule has 0 saturated heterocycles. The Kier molecular flexibility index (Phi) is 4.34. The fraction of sp³-hybridized carbons (Fsp3) is 0.200. The van der Waals surface area contributed by atoms with Crippen molar-refractivity contribution in [2.45, 2.75) is 13.0 Å². The molecule has 2 N–H and O–H groups in total. The van der Waals surface area contributed by atoms with Crippen molar-refractivity contribution in [2.24, 2.45) is 0 Å². The van der Waals surface area contributed by atoms with Crippen LogP contribution in [-0.2, 0) is 17.8 Å². The van der Waals surface area contributed by atoms with Crippen molar-refractivity contribution < 1.29 is 23.8 Å². The van der Waals surface area contributed by atoms with Crippen molar-refractivity contribution in [3.05, 3.63) is 50.6 Å². The van der Waals surface area contributed by atoms with Crippen molar-refractivity contribution in [2.75, 3.05) is 11.9 Å². The Balaban J connectivity index is 1.97. The van der Waals surface area contributed by atoms with E-state index in [9.17, 15) is 19.1 Å². The summed E-state index contributed by atoms with van der Waals surface area (Å²) < 4.78 is 18.7. The van der Waals surface area contributed by atoms with Crippen LogP contribution in [0.3, 0.4) is 0 Å². The van der Waals surface area contributed by atoms with E-state index in [1.807, 2.05) is 0 Å². The first-order valence-corrected chi connectivity index (χ1v) is 7.89. The molecule has 3 rings (SSSR count). The van der Waals surface area contributed by atoms with E-state index in [2.05, 4.69) is 5.32 Å². The summed E-state index contributed by atoms with van der Waals surface area (Å²) in [5.74, 6) is -2.51. The first-order chi connectivity index (χ1) is 11.0. The third-order valence-corrected chi connectivity index (χ3v) is 5.04. The summed E-state index contributed by atoms with van der Waals surface area (Å²) in [7, 11) is 0. The minimum absolute atomic E-state index is 0.0191. The van der Waals surface area contributed by atoms with Gasteiger partial charge in [-0.2, -0.15) is 0 Å². The van der Waals surface area contributed by atoms with Gasteiger partial charge in [-0.25, -0.2) is 9.18 Å². The van der Waals surface area contributed by atoms with Crippen molar-refractivity contribution in [3.63, 3.8) is 0 Å².